The lowest BCUT2D eigenvalue weighted by atomic mass is 9.75. The molecule has 5 nitrogen and oxygen atoms in total. The van der Waals surface area contributed by atoms with Crippen molar-refractivity contribution in [3.8, 4) is 0 Å². The number of nitrogens with one attached hydrogen (secondary N) is 1. The number of para-hydroxylation sites is 1. The Kier molecular flexibility index (Phi) is 5.35. The fourth-order valence-electron chi connectivity index (χ4n) is 3.26. The van der Waals surface area contributed by atoms with Crippen molar-refractivity contribution in [2.75, 3.05) is 13.6 Å². The summed E-state index contributed by atoms with van der Waals surface area (Å²) >= 11 is 0. The number of aromatic nitrogens is 1. The van der Waals surface area contributed by atoms with Gasteiger partial charge in [-0.2, -0.15) is 0 Å². The molecule has 2 N–H and O–H groups in total. The van der Waals surface area contributed by atoms with Gasteiger partial charge in [-0.1, -0.05) is 18.2 Å². The second kappa shape index (κ2) is 7.50. The Morgan fingerprint density at radius 2 is 2.08 bits per heavy atom. The largest absolute Gasteiger partial charge is 0.393 e. The first kappa shape index (κ1) is 17.8. The maximum Gasteiger partial charge on any atom is 0.234 e. The topological polar surface area (TPSA) is 65.5 Å². The summed E-state index contributed by atoms with van der Waals surface area (Å²) in [5.41, 5.74) is 1.96. The molecule has 1 atom stereocenters. The second-order valence-electron chi connectivity index (χ2n) is 7.40. The Labute approximate surface area is 149 Å². The fraction of sp³-hybridized carbons (Fsp3) is 0.500. The number of aliphatic hydroxyl groups excluding tert-OH is 1. The fourth-order valence-corrected chi connectivity index (χ4v) is 3.26. The van der Waals surface area contributed by atoms with Gasteiger partial charge in [0.2, 0.25) is 5.91 Å². The number of amides is 1. The van der Waals surface area contributed by atoms with Gasteiger partial charge in [-0.3, -0.25) is 14.7 Å². The highest BCUT2D eigenvalue weighted by Gasteiger charge is 2.36. The van der Waals surface area contributed by atoms with E-state index in [4.69, 9.17) is 0 Å². The van der Waals surface area contributed by atoms with Crippen LogP contribution in [0.25, 0.3) is 10.9 Å². The first-order chi connectivity index (χ1) is 11.9. The molecule has 0 unspecified atom stereocenters. The van der Waals surface area contributed by atoms with Gasteiger partial charge in [0.25, 0.3) is 0 Å². The molecular weight excluding hydrogens is 314 g/mol. The van der Waals surface area contributed by atoms with Crippen molar-refractivity contribution < 1.29 is 9.90 Å². The number of rotatable bonds is 6. The monoisotopic (exact) mass is 341 g/mol. The van der Waals surface area contributed by atoms with Crippen LogP contribution in [0.5, 0.6) is 0 Å². The van der Waals surface area contributed by atoms with Crippen LogP contribution in [0.15, 0.2) is 36.5 Å². The Hall–Kier alpha value is -1.98. The van der Waals surface area contributed by atoms with Crippen molar-refractivity contribution >= 4 is 16.8 Å². The van der Waals surface area contributed by atoms with E-state index in [1.54, 1.807) is 0 Å². The molecule has 0 spiro atoms. The highest BCUT2D eigenvalue weighted by Crippen LogP contribution is 2.38. The number of likely N-dealkylation sites (N-methyl/N-ethyl adjacent to an activating group) is 1. The molecular formula is C20H27N3O2. The van der Waals surface area contributed by atoms with Gasteiger partial charge in [0.05, 0.1) is 24.2 Å². The third-order valence-electron chi connectivity index (χ3n) is 5.18. The lowest BCUT2D eigenvalue weighted by Crippen LogP contribution is -2.45. The van der Waals surface area contributed by atoms with Gasteiger partial charge >= 0.3 is 0 Å². The number of carbonyl (C=O) groups is 1. The van der Waals surface area contributed by atoms with E-state index in [2.05, 4.69) is 30.2 Å². The van der Waals surface area contributed by atoms with Crippen LogP contribution in [-0.2, 0) is 4.79 Å². The predicted molar refractivity (Wildman–Crippen MR) is 99.1 cm³/mol. The molecule has 0 saturated heterocycles. The van der Waals surface area contributed by atoms with E-state index in [1.165, 1.54) is 0 Å². The van der Waals surface area contributed by atoms with E-state index in [-0.39, 0.29) is 24.0 Å². The Bertz CT molecular complexity index is 741. The van der Waals surface area contributed by atoms with E-state index < -0.39 is 0 Å². The van der Waals surface area contributed by atoms with Crippen molar-refractivity contribution in [3.05, 3.63) is 42.1 Å². The van der Waals surface area contributed by atoms with Crippen LogP contribution in [0.3, 0.4) is 0 Å². The van der Waals surface area contributed by atoms with Gasteiger partial charge in [-0.15, -0.1) is 0 Å². The van der Waals surface area contributed by atoms with Gasteiger partial charge in [0, 0.05) is 17.6 Å². The SMILES string of the molecule is CC(C)N(C)CC(=O)N[C@H](c1cnc2ccccc2c1)C1CC(O)C1. The maximum absolute atomic E-state index is 12.5. The second-order valence-corrected chi connectivity index (χ2v) is 7.40. The standard InChI is InChI=1S/C20H27N3O2/c1-13(2)23(3)12-19(25)22-20(15-9-17(24)10-15)16-8-14-6-4-5-7-18(14)21-11-16/h4-8,11,13,15,17,20,24H,9-10,12H2,1-3H3,(H,22,25)/t15?,17?,20-/m0/s1. The molecule has 1 saturated carbocycles. The summed E-state index contributed by atoms with van der Waals surface area (Å²) in [5.74, 6) is 0.266. The average molecular weight is 341 g/mol. The van der Waals surface area contributed by atoms with E-state index in [9.17, 15) is 9.90 Å². The van der Waals surface area contributed by atoms with Gasteiger partial charge in [-0.25, -0.2) is 0 Å². The zero-order chi connectivity index (χ0) is 18.0. The lowest BCUT2D eigenvalue weighted by Gasteiger charge is -2.38. The minimum absolute atomic E-state index is 0.00995. The summed E-state index contributed by atoms with van der Waals surface area (Å²) < 4.78 is 0. The number of benzene rings is 1. The average Bonchev–Trinajstić information content (AvgIpc) is 2.56. The first-order valence-electron chi connectivity index (χ1n) is 8.96. The van der Waals surface area contributed by atoms with E-state index in [0.29, 0.717) is 12.6 Å². The number of fused-ring (bicyclic) bond motifs is 1. The molecule has 1 aliphatic carbocycles. The van der Waals surface area contributed by atoms with Gasteiger partial charge in [0.1, 0.15) is 0 Å². The van der Waals surface area contributed by atoms with Gasteiger partial charge in [-0.05, 0) is 57.4 Å². The summed E-state index contributed by atoms with van der Waals surface area (Å²) in [7, 11) is 1.95. The summed E-state index contributed by atoms with van der Waals surface area (Å²) in [5, 5.41) is 13.9. The number of hydrogen-bond donors (Lipinski definition) is 2. The number of nitrogens with zero attached hydrogens (tertiary/aromatic N) is 2. The van der Waals surface area contributed by atoms with Crippen LogP contribution in [0.4, 0.5) is 0 Å². The molecule has 1 heterocycles. The van der Waals surface area contributed by atoms with Crippen LogP contribution in [0.2, 0.25) is 0 Å². The van der Waals surface area contributed by atoms with Gasteiger partial charge in [0.15, 0.2) is 0 Å². The highest BCUT2D eigenvalue weighted by molar-refractivity contribution is 5.80. The van der Waals surface area contributed by atoms with Crippen molar-refractivity contribution in [1.29, 1.82) is 0 Å². The summed E-state index contributed by atoms with van der Waals surface area (Å²) in [6.45, 7) is 4.51. The molecule has 1 aromatic heterocycles. The molecule has 0 bridgehead atoms. The molecule has 3 rings (SSSR count). The van der Waals surface area contributed by atoms with Crippen molar-refractivity contribution in [1.82, 2.24) is 15.2 Å². The van der Waals surface area contributed by atoms with E-state index in [0.717, 1.165) is 29.3 Å². The zero-order valence-corrected chi connectivity index (χ0v) is 15.1. The molecule has 1 aromatic carbocycles. The van der Waals surface area contributed by atoms with E-state index in [1.807, 2.05) is 42.4 Å². The molecule has 0 aliphatic heterocycles. The minimum Gasteiger partial charge on any atom is -0.393 e. The van der Waals surface area contributed by atoms with Crippen LogP contribution in [-0.4, -0.2) is 46.6 Å². The van der Waals surface area contributed by atoms with Crippen molar-refractivity contribution in [2.24, 2.45) is 5.92 Å². The number of aliphatic hydroxyl groups is 1. The highest BCUT2D eigenvalue weighted by atomic mass is 16.3. The number of pyridine rings is 1. The number of carbonyl (C=O) groups excluding carboxylic acids is 1. The van der Waals surface area contributed by atoms with E-state index >= 15 is 0 Å². The molecule has 0 radical (unpaired) electrons. The summed E-state index contributed by atoms with van der Waals surface area (Å²) in [6.07, 6.45) is 3.04. The quantitative estimate of drug-likeness (QED) is 0.847. The minimum atomic E-state index is -0.254. The summed E-state index contributed by atoms with van der Waals surface area (Å²) in [6, 6.07) is 10.3. The van der Waals surface area contributed by atoms with Crippen LogP contribution < -0.4 is 5.32 Å². The third kappa shape index (κ3) is 4.17. The summed E-state index contributed by atoms with van der Waals surface area (Å²) in [4.78, 5) is 19.0. The zero-order valence-electron chi connectivity index (χ0n) is 15.1. The van der Waals surface area contributed by atoms with Crippen molar-refractivity contribution in [3.63, 3.8) is 0 Å². The lowest BCUT2D eigenvalue weighted by molar-refractivity contribution is -0.124. The predicted octanol–water partition coefficient (Wildman–Crippen LogP) is 2.50. The van der Waals surface area contributed by atoms with Crippen LogP contribution >= 0.6 is 0 Å². The molecule has 25 heavy (non-hydrogen) atoms. The molecule has 134 valence electrons. The number of hydrogen-bond acceptors (Lipinski definition) is 4. The Morgan fingerprint density at radius 3 is 2.76 bits per heavy atom. The van der Waals surface area contributed by atoms with Crippen LogP contribution in [0.1, 0.15) is 38.3 Å². The molecule has 1 fully saturated rings. The Morgan fingerprint density at radius 1 is 1.36 bits per heavy atom. The first-order valence-corrected chi connectivity index (χ1v) is 8.96. The molecule has 2 aromatic rings. The van der Waals surface area contributed by atoms with Crippen LogP contribution in [0, 0.1) is 5.92 Å². The third-order valence-corrected chi connectivity index (χ3v) is 5.18. The maximum atomic E-state index is 12.5. The smallest absolute Gasteiger partial charge is 0.234 e. The normalized spacial score (nSPS) is 21.4. The van der Waals surface area contributed by atoms with Crippen molar-refractivity contribution in [2.45, 2.75) is 44.9 Å². The molecule has 1 amide bonds. The molecule has 5 heteroatoms. The van der Waals surface area contributed by atoms with Gasteiger partial charge < -0.3 is 10.4 Å². The molecule has 1 aliphatic rings. The Balaban J connectivity index is 1.80.